The number of guanidine groups is 1. The Balaban J connectivity index is 0.00000320. The average molecular weight is 538 g/mol. The van der Waals surface area contributed by atoms with Gasteiger partial charge >= 0.3 is 0 Å². The Morgan fingerprint density at radius 1 is 1.17 bits per heavy atom. The number of carbonyl (C=O) groups excluding carboxylic acids is 1. The minimum absolute atomic E-state index is 0. The fourth-order valence-electron chi connectivity index (χ4n) is 3.39. The molecule has 2 aromatic carbocycles. The van der Waals surface area contributed by atoms with Crippen LogP contribution in [-0.4, -0.2) is 49.2 Å². The van der Waals surface area contributed by atoms with E-state index in [0.717, 1.165) is 36.9 Å². The molecule has 2 N–H and O–H groups in total. The number of aliphatic imine (C=N–C) groups is 1. The molecular weight excluding hydrogens is 507 g/mol. The van der Waals surface area contributed by atoms with Crippen molar-refractivity contribution in [3.05, 3.63) is 65.7 Å². The number of hydrogen-bond acceptors (Lipinski definition) is 3. The lowest BCUT2D eigenvalue weighted by molar-refractivity contribution is 0.0963. The Labute approximate surface area is 201 Å². The van der Waals surface area contributed by atoms with Crippen LogP contribution in [0.4, 0.5) is 0 Å². The van der Waals surface area contributed by atoms with Crippen molar-refractivity contribution in [1.29, 1.82) is 0 Å². The van der Waals surface area contributed by atoms with E-state index in [1.54, 1.807) is 7.05 Å². The van der Waals surface area contributed by atoms with Gasteiger partial charge in [0, 0.05) is 42.9 Å². The van der Waals surface area contributed by atoms with Gasteiger partial charge < -0.3 is 15.5 Å². The zero-order valence-corrected chi connectivity index (χ0v) is 20.8. The Morgan fingerprint density at radius 3 is 2.57 bits per heavy atom. The van der Waals surface area contributed by atoms with Crippen LogP contribution in [0.2, 0.25) is 0 Å². The lowest BCUT2D eigenvalue weighted by atomic mass is 10.1. The number of amides is 1. The smallest absolute Gasteiger partial charge is 0.251 e. The summed E-state index contributed by atoms with van der Waals surface area (Å²) in [6.45, 7) is 5.65. The molecule has 1 atom stereocenters. The fourth-order valence-corrected chi connectivity index (χ4v) is 4.44. The first-order valence-corrected chi connectivity index (χ1v) is 11.2. The number of nitrogens with one attached hydrogen (secondary N) is 2. The van der Waals surface area contributed by atoms with E-state index in [9.17, 15) is 4.79 Å². The van der Waals surface area contributed by atoms with Crippen LogP contribution in [0.1, 0.15) is 29.3 Å². The average Bonchev–Trinajstić information content (AvgIpc) is 3.24. The van der Waals surface area contributed by atoms with Crippen LogP contribution in [0.3, 0.4) is 0 Å². The van der Waals surface area contributed by atoms with Crippen molar-refractivity contribution < 1.29 is 4.79 Å². The lowest BCUT2D eigenvalue weighted by Gasteiger charge is -2.21. The summed E-state index contributed by atoms with van der Waals surface area (Å²) in [4.78, 5) is 20.2. The van der Waals surface area contributed by atoms with Crippen molar-refractivity contribution in [2.24, 2.45) is 10.9 Å². The molecule has 1 fully saturated rings. The van der Waals surface area contributed by atoms with Crippen molar-refractivity contribution in [2.45, 2.75) is 24.8 Å². The second-order valence-corrected chi connectivity index (χ2v) is 8.26. The van der Waals surface area contributed by atoms with Gasteiger partial charge in [-0.15, -0.1) is 35.7 Å². The van der Waals surface area contributed by atoms with E-state index < -0.39 is 0 Å². The van der Waals surface area contributed by atoms with E-state index in [2.05, 4.69) is 52.8 Å². The second kappa shape index (κ2) is 12.8. The number of carbonyl (C=O) groups is 1. The molecule has 1 aliphatic rings. The monoisotopic (exact) mass is 538 g/mol. The van der Waals surface area contributed by atoms with E-state index in [1.165, 1.54) is 11.3 Å². The van der Waals surface area contributed by atoms with Gasteiger partial charge in [0.25, 0.3) is 5.91 Å². The van der Waals surface area contributed by atoms with Gasteiger partial charge in [-0.2, -0.15) is 0 Å². The molecule has 1 aliphatic heterocycles. The second-order valence-electron chi connectivity index (χ2n) is 7.17. The third kappa shape index (κ3) is 7.19. The first-order valence-electron chi connectivity index (χ1n) is 10.2. The minimum Gasteiger partial charge on any atom is -0.357 e. The van der Waals surface area contributed by atoms with Crippen LogP contribution < -0.4 is 10.6 Å². The predicted molar refractivity (Wildman–Crippen MR) is 137 cm³/mol. The summed E-state index contributed by atoms with van der Waals surface area (Å²) in [6, 6.07) is 18.3. The van der Waals surface area contributed by atoms with Crippen LogP contribution in [-0.2, 0) is 6.54 Å². The molecule has 1 amide bonds. The normalized spacial score (nSPS) is 16.1. The molecule has 0 radical (unpaired) electrons. The Morgan fingerprint density at radius 2 is 1.90 bits per heavy atom. The summed E-state index contributed by atoms with van der Waals surface area (Å²) in [7, 11) is 1.64. The minimum atomic E-state index is -0.0649. The molecule has 0 aromatic heterocycles. The van der Waals surface area contributed by atoms with Crippen LogP contribution >= 0.6 is 35.7 Å². The van der Waals surface area contributed by atoms with E-state index >= 15 is 0 Å². The zero-order chi connectivity index (χ0) is 20.5. The van der Waals surface area contributed by atoms with Gasteiger partial charge in [-0.3, -0.25) is 4.79 Å². The molecule has 5 nitrogen and oxygen atoms in total. The maximum Gasteiger partial charge on any atom is 0.251 e. The van der Waals surface area contributed by atoms with E-state index in [0.29, 0.717) is 18.0 Å². The van der Waals surface area contributed by atoms with Crippen molar-refractivity contribution in [3.8, 4) is 0 Å². The summed E-state index contributed by atoms with van der Waals surface area (Å²) in [6.07, 6.45) is 1.20. The third-order valence-corrected chi connectivity index (χ3v) is 6.25. The van der Waals surface area contributed by atoms with Crippen LogP contribution in [0, 0.1) is 5.92 Å². The number of rotatable bonds is 7. The van der Waals surface area contributed by atoms with Gasteiger partial charge in [0.1, 0.15) is 0 Å². The molecule has 0 aliphatic carbocycles. The lowest BCUT2D eigenvalue weighted by Crippen LogP contribution is -2.40. The highest BCUT2D eigenvalue weighted by Gasteiger charge is 2.24. The van der Waals surface area contributed by atoms with Crippen LogP contribution in [0.15, 0.2) is 64.5 Å². The summed E-state index contributed by atoms with van der Waals surface area (Å²) in [5.74, 6) is 2.73. The molecule has 7 heteroatoms. The van der Waals surface area contributed by atoms with Crippen molar-refractivity contribution in [2.75, 3.05) is 32.4 Å². The van der Waals surface area contributed by atoms with E-state index in [4.69, 9.17) is 4.99 Å². The maximum absolute atomic E-state index is 11.7. The van der Waals surface area contributed by atoms with Gasteiger partial charge in [0.15, 0.2) is 5.96 Å². The number of benzene rings is 2. The predicted octanol–water partition coefficient (Wildman–Crippen LogP) is 4.24. The highest BCUT2D eigenvalue weighted by molar-refractivity contribution is 14.0. The number of likely N-dealkylation sites (tertiary alicyclic amines) is 1. The number of hydrogen-bond donors (Lipinski definition) is 2. The molecule has 162 valence electrons. The first-order chi connectivity index (χ1) is 14.2. The maximum atomic E-state index is 11.7. The number of thioether (sulfide) groups is 1. The molecule has 0 saturated carbocycles. The SMILES string of the molecule is CCNC(=NCc1ccc(C(=O)NC)cc1)N1CCC(CSc2ccccc2)C1.I. The molecule has 0 spiro atoms. The van der Waals surface area contributed by atoms with Gasteiger partial charge in [-0.25, -0.2) is 4.99 Å². The van der Waals surface area contributed by atoms with Gasteiger partial charge in [-0.1, -0.05) is 30.3 Å². The largest absolute Gasteiger partial charge is 0.357 e. The molecule has 30 heavy (non-hydrogen) atoms. The summed E-state index contributed by atoms with van der Waals surface area (Å²) in [5, 5.41) is 6.08. The standard InChI is InChI=1S/C23H30N4OS.HI/c1-3-25-23(26-15-18-9-11-20(12-10-18)22(28)24-2)27-14-13-19(16-27)17-29-21-7-5-4-6-8-21;/h4-12,19H,3,13-17H2,1-2H3,(H,24,28)(H,25,26);1H. The highest BCUT2D eigenvalue weighted by Crippen LogP contribution is 2.26. The van der Waals surface area contributed by atoms with E-state index in [1.807, 2.05) is 36.0 Å². The quantitative estimate of drug-likeness (QED) is 0.240. The van der Waals surface area contributed by atoms with Crippen LogP contribution in [0.5, 0.6) is 0 Å². The molecule has 1 unspecified atom stereocenters. The van der Waals surface area contributed by atoms with Gasteiger partial charge in [0.05, 0.1) is 6.54 Å². The highest BCUT2D eigenvalue weighted by atomic mass is 127. The van der Waals surface area contributed by atoms with E-state index in [-0.39, 0.29) is 29.9 Å². The zero-order valence-electron chi connectivity index (χ0n) is 17.6. The van der Waals surface area contributed by atoms with Gasteiger partial charge in [0.2, 0.25) is 0 Å². The third-order valence-electron chi connectivity index (χ3n) is 5.00. The number of halogens is 1. The first kappa shape index (κ1) is 24.5. The van der Waals surface area contributed by atoms with Crippen molar-refractivity contribution >= 4 is 47.6 Å². The number of nitrogens with zero attached hydrogens (tertiary/aromatic N) is 2. The topological polar surface area (TPSA) is 56.7 Å². The molecule has 1 saturated heterocycles. The summed E-state index contributed by atoms with van der Waals surface area (Å²) < 4.78 is 0. The summed E-state index contributed by atoms with van der Waals surface area (Å²) in [5.41, 5.74) is 1.77. The van der Waals surface area contributed by atoms with Crippen molar-refractivity contribution in [3.63, 3.8) is 0 Å². The van der Waals surface area contributed by atoms with Gasteiger partial charge in [-0.05, 0) is 49.1 Å². The Bertz CT molecular complexity index is 814. The Kier molecular flexibility index (Phi) is 10.5. The summed E-state index contributed by atoms with van der Waals surface area (Å²) >= 11 is 1.94. The molecule has 2 aromatic rings. The van der Waals surface area contributed by atoms with Crippen molar-refractivity contribution in [1.82, 2.24) is 15.5 Å². The fraction of sp³-hybridized carbons (Fsp3) is 0.391. The Hall–Kier alpha value is -1.74. The molecule has 0 bridgehead atoms. The van der Waals surface area contributed by atoms with Crippen LogP contribution in [0.25, 0.3) is 0 Å². The molecular formula is C23H31IN4OS. The molecule has 3 rings (SSSR count). The molecule has 1 heterocycles.